The van der Waals surface area contributed by atoms with Crippen LogP contribution in [0.1, 0.15) is 39.2 Å². The van der Waals surface area contributed by atoms with E-state index >= 15 is 0 Å². The number of hydrogen-bond donors (Lipinski definition) is 0. The molecule has 30 heavy (non-hydrogen) atoms. The fourth-order valence-electron chi connectivity index (χ4n) is 3.39. The molecule has 10 heteroatoms. The average molecular weight is 436 g/mol. The standard InChI is InChI=1S/C20H16F4N4OS/c1-11(30-19-26-25-10-27(19)2)12-6-7-16(21)17(8-12)28-9-14-13(18(28)29)4-3-5-15(14)20(22,23)24/h3-8,10-11H,9H2,1-2H3. The van der Waals surface area contributed by atoms with Gasteiger partial charge in [0.25, 0.3) is 5.91 Å². The number of benzene rings is 2. The van der Waals surface area contributed by atoms with Gasteiger partial charge in [0.05, 0.1) is 17.8 Å². The first-order valence-electron chi connectivity index (χ1n) is 8.98. The van der Waals surface area contributed by atoms with Gasteiger partial charge in [0, 0.05) is 17.9 Å². The number of nitrogens with zero attached hydrogens (tertiary/aromatic N) is 4. The number of amides is 1. The van der Waals surface area contributed by atoms with Crippen LogP contribution in [0, 0.1) is 5.82 Å². The van der Waals surface area contributed by atoms with Crippen LogP contribution in [0.4, 0.5) is 23.2 Å². The van der Waals surface area contributed by atoms with Gasteiger partial charge in [-0.05, 0) is 42.3 Å². The summed E-state index contributed by atoms with van der Waals surface area (Å²) >= 11 is 1.40. The molecule has 4 rings (SSSR count). The lowest BCUT2D eigenvalue weighted by Gasteiger charge is -2.20. The van der Waals surface area contributed by atoms with Gasteiger partial charge in [0.1, 0.15) is 12.1 Å². The van der Waals surface area contributed by atoms with Crippen molar-refractivity contribution in [2.75, 3.05) is 4.90 Å². The highest BCUT2D eigenvalue weighted by Crippen LogP contribution is 2.40. The predicted molar refractivity (Wildman–Crippen MR) is 104 cm³/mol. The van der Waals surface area contributed by atoms with E-state index in [1.807, 2.05) is 6.92 Å². The first-order valence-corrected chi connectivity index (χ1v) is 9.86. The van der Waals surface area contributed by atoms with Gasteiger partial charge in [0.2, 0.25) is 0 Å². The Balaban J connectivity index is 1.67. The monoisotopic (exact) mass is 436 g/mol. The van der Waals surface area contributed by atoms with Crippen LogP contribution in [0.15, 0.2) is 47.9 Å². The van der Waals surface area contributed by atoms with Crippen LogP contribution in [-0.4, -0.2) is 20.7 Å². The highest BCUT2D eigenvalue weighted by Gasteiger charge is 2.40. The van der Waals surface area contributed by atoms with Gasteiger partial charge in [-0.15, -0.1) is 10.2 Å². The van der Waals surface area contributed by atoms with Crippen LogP contribution in [0.5, 0.6) is 0 Å². The SMILES string of the molecule is CC(Sc1nncn1C)c1ccc(F)c(N2Cc3c(cccc3C(F)(F)F)C2=O)c1. The molecule has 0 N–H and O–H groups in total. The molecule has 0 bridgehead atoms. The van der Waals surface area contributed by atoms with Crippen molar-refractivity contribution in [2.24, 2.45) is 7.05 Å². The number of rotatable bonds is 4. The molecule has 0 aliphatic carbocycles. The largest absolute Gasteiger partial charge is 0.416 e. The third-order valence-electron chi connectivity index (χ3n) is 4.96. The summed E-state index contributed by atoms with van der Waals surface area (Å²) in [5, 5.41) is 8.32. The van der Waals surface area contributed by atoms with Crippen molar-refractivity contribution in [1.82, 2.24) is 14.8 Å². The van der Waals surface area contributed by atoms with Crippen molar-refractivity contribution in [3.8, 4) is 0 Å². The number of carbonyl (C=O) groups excluding carboxylic acids is 1. The predicted octanol–water partition coefficient (Wildman–Crippen LogP) is 4.99. The second kappa shape index (κ2) is 7.42. The zero-order valence-corrected chi connectivity index (χ0v) is 16.8. The molecule has 3 aromatic rings. The Bertz CT molecular complexity index is 1130. The van der Waals surface area contributed by atoms with Crippen molar-refractivity contribution >= 4 is 23.4 Å². The molecule has 5 nitrogen and oxygen atoms in total. The Morgan fingerprint density at radius 1 is 1.20 bits per heavy atom. The molecule has 2 heterocycles. The number of anilines is 1. The van der Waals surface area contributed by atoms with E-state index in [-0.39, 0.29) is 28.6 Å². The summed E-state index contributed by atoms with van der Waals surface area (Å²) in [6.45, 7) is 1.55. The quantitative estimate of drug-likeness (QED) is 0.427. The lowest BCUT2D eigenvalue weighted by atomic mass is 10.0. The van der Waals surface area contributed by atoms with E-state index in [4.69, 9.17) is 0 Å². The molecular weight excluding hydrogens is 420 g/mol. The summed E-state index contributed by atoms with van der Waals surface area (Å²) in [5.74, 6) is -1.33. The lowest BCUT2D eigenvalue weighted by Crippen LogP contribution is -2.24. The number of aryl methyl sites for hydroxylation is 1. The Labute approximate surface area is 173 Å². The Morgan fingerprint density at radius 3 is 2.63 bits per heavy atom. The van der Waals surface area contributed by atoms with E-state index in [0.29, 0.717) is 10.7 Å². The zero-order valence-electron chi connectivity index (χ0n) is 15.9. The van der Waals surface area contributed by atoms with Crippen molar-refractivity contribution in [3.63, 3.8) is 0 Å². The molecule has 2 aromatic carbocycles. The summed E-state index contributed by atoms with van der Waals surface area (Å²) in [5.41, 5.74) is -0.414. The Hall–Kier alpha value is -2.88. The molecule has 0 spiro atoms. The van der Waals surface area contributed by atoms with Gasteiger partial charge < -0.3 is 9.47 Å². The van der Waals surface area contributed by atoms with Gasteiger partial charge in [0.15, 0.2) is 5.16 Å². The summed E-state index contributed by atoms with van der Waals surface area (Å²) in [6.07, 6.45) is -3.03. The average Bonchev–Trinajstić information content (AvgIpc) is 3.24. The molecule has 0 saturated carbocycles. The van der Waals surface area contributed by atoms with Gasteiger partial charge in [-0.1, -0.05) is 23.9 Å². The number of carbonyl (C=O) groups is 1. The number of thioether (sulfide) groups is 1. The third kappa shape index (κ3) is 3.55. The smallest absolute Gasteiger partial charge is 0.312 e. The highest BCUT2D eigenvalue weighted by atomic mass is 32.2. The fourth-order valence-corrected chi connectivity index (χ4v) is 4.29. The molecule has 1 aromatic heterocycles. The van der Waals surface area contributed by atoms with Crippen LogP contribution in [0.3, 0.4) is 0 Å². The number of halogens is 4. The topological polar surface area (TPSA) is 51.0 Å². The van der Waals surface area contributed by atoms with Crippen molar-refractivity contribution in [1.29, 1.82) is 0 Å². The third-order valence-corrected chi connectivity index (χ3v) is 6.16. The zero-order chi connectivity index (χ0) is 21.6. The molecule has 0 fully saturated rings. The van der Waals surface area contributed by atoms with Crippen molar-refractivity contribution in [3.05, 3.63) is 70.8 Å². The Morgan fingerprint density at radius 2 is 1.97 bits per heavy atom. The maximum Gasteiger partial charge on any atom is 0.416 e. The lowest BCUT2D eigenvalue weighted by molar-refractivity contribution is -0.138. The minimum Gasteiger partial charge on any atom is -0.312 e. The maximum absolute atomic E-state index is 14.6. The van der Waals surface area contributed by atoms with E-state index in [2.05, 4.69) is 10.2 Å². The molecular formula is C20H16F4N4OS. The molecule has 1 aliphatic heterocycles. The van der Waals surface area contributed by atoms with Gasteiger partial charge in [-0.25, -0.2) is 4.39 Å². The van der Waals surface area contributed by atoms with Gasteiger partial charge >= 0.3 is 6.18 Å². The molecule has 1 amide bonds. The summed E-state index contributed by atoms with van der Waals surface area (Å²) < 4.78 is 56.4. The van der Waals surface area contributed by atoms with Gasteiger partial charge in [-0.3, -0.25) is 4.79 Å². The number of aromatic nitrogens is 3. The second-order valence-electron chi connectivity index (χ2n) is 6.92. The molecule has 0 saturated heterocycles. The van der Waals surface area contributed by atoms with E-state index < -0.39 is 23.5 Å². The summed E-state index contributed by atoms with van der Waals surface area (Å²) in [4.78, 5) is 13.8. The fraction of sp³-hybridized carbons (Fsp3) is 0.250. The van der Waals surface area contributed by atoms with Gasteiger partial charge in [-0.2, -0.15) is 13.2 Å². The minimum atomic E-state index is -4.59. The van der Waals surface area contributed by atoms with Crippen molar-refractivity contribution in [2.45, 2.75) is 30.1 Å². The summed E-state index contributed by atoms with van der Waals surface area (Å²) in [6, 6.07) is 7.76. The van der Waals surface area contributed by atoms with E-state index in [0.717, 1.165) is 11.0 Å². The number of fused-ring (bicyclic) bond motifs is 1. The first kappa shape index (κ1) is 20.4. The maximum atomic E-state index is 14.6. The number of alkyl halides is 3. The molecule has 0 radical (unpaired) electrons. The Kier molecular flexibility index (Phi) is 5.05. The molecule has 1 aliphatic rings. The van der Waals surface area contributed by atoms with E-state index in [1.165, 1.54) is 36.0 Å². The minimum absolute atomic E-state index is 0.0489. The van der Waals surface area contributed by atoms with Crippen LogP contribution >= 0.6 is 11.8 Å². The van der Waals surface area contributed by atoms with Crippen LogP contribution in [-0.2, 0) is 19.8 Å². The molecule has 1 atom stereocenters. The number of hydrogen-bond acceptors (Lipinski definition) is 4. The van der Waals surface area contributed by atoms with Crippen LogP contribution < -0.4 is 4.90 Å². The second-order valence-corrected chi connectivity index (χ2v) is 8.22. The van der Waals surface area contributed by atoms with Crippen LogP contribution in [0.25, 0.3) is 0 Å². The summed E-state index contributed by atoms with van der Waals surface area (Å²) in [7, 11) is 1.80. The van der Waals surface area contributed by atoms with E-state index in [9.17, 15) is 22.4 Å². The molecule has 156 valence electrons. The van der Waals surface area contributed by atoms with E-state index in [1.54, 1.807) is 24.0 Å². The van der Waals surface area contributed by atoms with Crippen LogP contribution in [0.2, 0.25) is 0 Å². The highest BCUT2D eigenvalue weighted by molar-refractivity contribution is 7.99. The molecule has 1 unspecified atom stereocenters. The normalized spacial score (nSPS) is 14.9. The van der Waals surface area contributed by atoms with Crippen molar-refractivity contribution < 1.29 is 22.4 Å². The first-order chi connectivity index (χ1) is 14.2.